The fourth-order valence-corrected chi connectivity index (χ4v) is 2.13. The number of aromatic nitrogens is 2. The number of hydrogen-bond donors (Lipinski definition) is 0. The highest BCUT2D eigenvalue weighted by atomic mass is 16.6. The molecule has 0 unspecified atom stereocenters. The minimum atomic E-state index is -0.568. The quantitative estimate of drug-likeness (QED) is 0.593. The molecule has 1 rings (SSSR count). The van der Waals surface area contributed by atoms with Crippen LogP contribution in [0.2, 0.25) is 0 Å². The molecule has 1 aromatic rings. The van der Waals surface area contributed by atoms with E-state index in [-0.39, 0.29) is 11.4 Å². The minimum absolute atomic E-state index is 0.119. The molecule has 6 heteroatoms. The summed E-state index contributed by atoms with van der Waals surface area (Å²) in [5.74, 6) is 1.29. The Hall–Kier alpha value is -1.90. The summed E-state index contributed by atoms with van der Waals surface area (Å²) in [4.78, 5) is 10.2. The molecule has 0 saturated carbocycles. The Morgan fingerprint density at radius 3 is 2.33 bits per heavy atom. The molecule has 0 amide bonds. The van der Waals surface area contributed by atoms with Gasteiger partial charge in [0.1, 0.15) is 12.3 Å². The van der Waals surface area contributed by atoms with Crippen molar-refractivity contribution in [2.75, 3.05) is 0 Å². The Bertz CT molecular complexity index is 463. The molecule has 0 bridgehead atoms. The lowest BCUT2D eigenvalue weighted by atomic mass is 9.85. The second kappa shape index (κ2) is 5.63. The Balaban J connectivity index is 2.98. The van der Waals surface area contributed by atoms with Gasteiger partial charge in [-0.2, -0.15) is 10.4 Å². The summed E-state index contributed by atoms with van der Waals surface area (Å²) in [7, 11) is 0. The van der Waals surface area contributed by atoms with E-state index in [1.807, 2.05) is 0 Å². The molecule has 0 aliphatic carbocycles. The Morgan fingerprint density at radius 1 is 1.44 bits per heavy atom. The summed E-state index contributed by atoms with van der Waals surface area (Å²) in [6.45, 7) is 9.07. The summed E-state index contributed by atoms with van der Waals surface area (Å²) in [6, 6.07) is 1.76. The fraction of sp³-hybridized carbons (Fsp3) is 0.667. The number of hydrogen-bond acceptors (Lipinski definition) is 4. The van der Waals surface area contributed by atoms with Crippen LogP contribution >= 0.6 is 0 Å². The molecule has 0 saturated heterocycles. The molecule has 0 aliphatic rings. The van der Waals surface area contributed by atoms with Gasteiger partial charge >= 0.3 is 5.69 Å². The highest BCUT2D eigenvalue weighted by Crippen LogP contribution is 2.24. The van der Waals surface area contributed by atoms with Gasteiger partial charge < -0.3 is 0 Å². The highest BCUT2D eigenvalue weighted by Gasteiger charge is 2.23. The lowest BCUT2D eigenvalue weighted by Gasteiger charge is -2.24. The van der Waals surface area contributed by atoms with Crippen LogP contribution in [-0.2, 0) is 6.54 Å². The van der Waals surface area contributed by atoms with Crippen molar-refractivity contribution in [2.45, 2.75) is 34.2 Å². The van der Waals surface area contributed by atoms with Gasteiger partial charge in [-0.25, -0.2) is 0 Å². The van der Waals surface area contributed by atoms with Crippen molar-refractivity contribution < 1.29 is 4.92 Å². The van der Waals surface area contributed by atoms with Crippen LogP contribution in [0.15, 0.2) is 6.20 Å². The lowest BCUT2D eigenvalue weighted by molar-refractivity contribution is -0.385. The van der Waals surface area contributed by atoms with E-state index in [2.05, 4.69) is 32.8 Å². The van der Waals surface area contributed by atoms with Crippen LogP contribution in [0.3, 0.4) is 0 Å². The van der Waals surface area contributed by atoms with Gasteiger partial charge in [-0.3, -0.25) is 14.8 Å². The van der Waals surface area contributed by atoms with Crippen molar-refractivity contribution in [3.8, 4) is 6.07 Å². The molecule has 0 fully saturated rings. The van der Waals surface area contributed by atoms with Gasteiger partial charge in [0, 0.05) is 6.54 Å². The van der Waals surface area contributed by atoms with Crippen molar-refractivity contribution in [3.63, 3.8) is 0 Å². The van der Waals surface area contributed by atoms with Crippen molar-refractivity contribution in [1.29, 1.82) is 5.26 Å². The number of nitriles is 1. The van der Waals surface area contributed by atoms with E-state index in [9.17, 15) is 10.1 Å². The van der Waals surface area contributed by atoms with E-state index in [4.69, 9.17) is 5.26 Å². The number of nitro groups is 1. The molecule has 6 nitrogen and oxygen atoms in total. The van der Waals surface area contributed by atoms with Gasteiger partial charge in [-0.05, 0) is 17.8 Å². The summed E-state index contributed by atoms with van der Waals surface area (Å²) in [5.41, 5.74) is -0.338. The molecular weight excluding hydrogens is 232 g/mol. The lowest BCUT2D eigenvalue weighted by Crippen LogP contribution is -2.22. The standard InChI is InChI=1S/C12H18N4O2/c1-8(2)10(9(3)4)6-15-7-12(16(17)18)11(5-13)14-15/h7-10H,6H2,1-4H3. The van der Waals surface area contributed by atoms with Crippen LogP contribution in [0.1, 0.15) is 33.4 Å². The molecule has 0 radical (unpaired) electrons. The van der Waals surface area contributed by atoms with Crippen LogP contribution in [0.25, 0.3) is 0 Å². The second-order valence-corrected chi connectivity index (χ2v) is 5.11. The maximum Gasteiger partial charge on any atom is 0.325 e. The summed E-state index contributed by atoms with van der Waals surface area (Å²) in [5, 5.41) is 23.5. The predicted octanol–water partition coefficient (Wildman–Crippen LogP) is 2.59. The smallest absolute Gasteiger partial charge is 0.264 e. The van der Waals surface area contributed by atoms with Crippen LogP contribution in [0.5, 0.6) is 0 Å². The third kappa shape index (κ3) is 3.06. The normalized spacial score (nSPS) is 11.2. The van der Waals surface area contributed by atoms with Crippen LogP contribution in [-0.4, -0.2) is 14.7 Å². The second-order valence-electron chi connectivity index (χ2n) is 5.11. The first-order valence-electron chi connectivity index (χ1n) is 5.98. The van der Waals surface area contributed by atoms with Gasteiger partial charge in [0.05, 0.1) is 4.92 Å². The van der Waals surface area contributed by atoms with E-state index in [1.165, 1.54) is 10.9 Å². The molecule has 0 atom stereocenters. The van der Waals surface area contributed by atoms with E-state index >= 15 is 0 Å². The van der Waals surface area contributed by atoms with Crippen molar-refractivity contribution in [2.24, 2.45) is 17.8 Å². The van der Waals surface area contributed by atoms with Crippen molar-refractivity contribution >= 4 is 5.69 Å². The minimum Gasteiger partial charge on any atom is -0.264 e. The monoisotopic (exact) mass is 250 g/mol. The maximum absolute atomic E-state index is 10.7. The van der Waals surface area contributed by atoms with E-state index in [0.717, 1.165) is 0 Å². The maximum atomic E-state index is 10.7. The Morgan fingerprint density at radius 2 is 2.00 bits per heavy atom. The van der Waals surface area contributed by atoms with E-state index < -0.39 is 4.92 Å². The van der Waals surface area contributed by atoms with Crippen LogP contribution in [0, 0.1) is 39.2 Å². The topological polar surface area (TPSA) is 84.7 Å². The number of nitrogens with zero attached hydrogens (tertiary/aromatic N) is 4. The fourth-order valence-electron chi connectivity index (χ4n) is 2.13. The number of rotatable bonds is 5. The summed E-state index contributed by atoms with van der Waals surface area (Å²) < 4.78 is 1.52. The molecule has 18 heavy (non-hydrogen) atoms. The van der Waals surface area contributed by atoms with Gasteiger partial charge in [0.25, 0.3) is 0 Å². The summed E-state index contributed by atoms with van der Waals surface area (Å²) in [6.07, 6.45) is 1.34. The molecule has 98 valence electrons. The third-order valence-corrected chi connectivity index (χ3v) is 3.16. The third-order valence-electron chi connectivity index (χ3n) is 3.16. The average molecular weight is 250 g/mol. The highest BCUT2D eigenvalue weighted by molar-refractivity contribution is 5.41. The van der Waals surface area contributed by atoms with Crippen LogP contribution in [0.4, 0.5) is 5.69 Å². The van der Waals surface area contributed by atoms with Crippen LogP contribution < -0.4 is 0 Å². The molecule has 0 aliphatic heterocycles. The molecule has 0 N–H and O–H groups in total. The zero-order chi connectivity index (χ0) is 13.9. The molecule has 0 spiro atoms. The van der Waals surface area contributed by atoms with Gasteiger partial charge in [-0.15, -0.1) is 0 Å². The first-order chi connectivity index (χ1) is 8.36. The SMILES string of the molecule is CC(C)C(Cn1cc([N+](=O)[O-])c(C#N)n1)C(C)C. The van der Waals surface area contributed by atoms with Crippen molar-refractivity contribution in [1.82, 2.24) is 9.78 Å². The molecule has 1 heterocycles. The largest absolute Gasteiger partial charge is 0.325 e. The molecule has 0 aromatic carbocycles. The van der Waals surface area contributed by atoms with E-state index in [0.29, 0.717) is 24.3 Å². The predicted molar refractivity (Wildman–Crippen MR) is 66.8 cm³/mol. The van der Waals surface area contributed by atoms with E-state index in [1.54, 1.807) is 6.07 Å². The summed E-state index contributed by atoms with van der Waals surface area (Å²) >= 11 is 0. The Labute approximate surface area is 106 Å². The molecular formula is C12H18N4O2. The Kier molecular flexibility index (Phi) is 4.43. The average Bonchev–Trinajstić information content (AvgIpc) is 2.68. The van der Waals surface area contributed by atoms with Gasteiger partial charge in [0.2, 0.25) is 5.69 Å². The zero-order valence-electron chi connectivity index (χ0n) is 11.1. The first kappa shape index (κ1) is 14.2. The first-order valence-corrected chi connectivity index (χ1v) is 5.98. The van der Waals surface area contributed by atoms with Crippen molar-refractivity contribution in [3.05, 3.63) is 22.0 Å². The van der Waals surface area contributed by atoms with Gasteiger partial charge in [-0.1, -0.05) is 27.7 Å². The van der Waals surface area contributed by atoms with Gasteiger partial charge in [0.15, 0.2) is 0 Å². The molecule has 1 aromatic heterocycles. The zero-order valence-corrected chi connectivity index (χ0v) is 11.1.